The molecule has 1 amide bonds. The summed E-state index contributed by atoms with van der Waals surface area (Å²) in [7, 11) is 0. The van der Waals surface area contributed by atoms with E-state index in [1.54, 1.807) is 6.07 Å². The lowest BCUT2D eigenvalue weighted by Crippen LogP contribution is -2.12. The molecule has 21 heavy (non-hydrogen) atoms. The number of rotatable bonds is 3. The van der Waals surface area contributed by atoms with Crippen molar-refractivity contribution in [2.45, 2.75) is 0 Å². The van der Waals surface area contributed by atoms with Crippen molar-refractivity contribution in [2.75, 3.05) is 5.32 Å². The normalized spacial score (nSPS) is 10.5. The van der Waals surface area contributed by atoms with E-state index in [0.717, 1.165) is 17.0 Å². The molecule has 1 aromatic carbocycles. The Morgan fingerprint density at radius 3 is 2.76 bits per heavy atom. The van der Waals surface area contributed by atoms with Crippen LogP contribution in [-0.4, -0.2) is 27.1 Å². The van der Waals surface area contributed by atoms with Gasteiger partial charge >= 0.3 is 5.97 Å². The van der Waals surface area contributed by atoms with Crippen LogP contribution in [0.3, 0.4) is 0 Å². The van der Waals surface area contributed by atoms with Gasteiger partial charge in [0.25, 0.3) is 5.91 Å². The Morgan fingerprint density at radius 2 is 2.00 bits per heavy atom. The molecule has 0 atom stereocenters. The summed E-state index contributed by atoms with van der Waals surface area (Å²) in [6.07, 6.45) is 1.51. The van der Waals surface area contributed by atoms with E-state index in [1.807, 2.05) is 24.3 Å². The minimum absolute atomic E-state index is 0.111. The first-order chi connectivity index (χ1) is 10.1. The van der Waals surface area contributed by atoms with Crippen molar-refractivity contribution < 1.29 is 19.2 Å². The zero-order chi connectivity index (χ0) is 14.8. The largest absolute Gasteiger partial charge is 0.475 e. The van der Waals surface area contributed by atoms with Gasteiger partial charge in [0.2, 0.25) is 5.76 Å². The monoisotopic (exact) mass is 283 g/mol. The first-order valence-electron chi connectivity index (χ1n) is 5.99. The highest BCUT2D eigenvalue weighted by Gasteiger charge is 2.16. The molecule has 7 heteroatoms. The lowest BCUT2D eigenvalue weighted by Gasteiger charge is -2.03. The van der Waals surface area contributed by atoms with Gasteiger partial charge in [-0.2, -0.15) is 0 Å². The molecule has 0 aliphatic heterocycles. The van der Waals surface area contributed by atoms with Crippen molar-refractivity contribution in [2.24, 2.45) is 0 Å². The summed E-state index contributed by atoms with van der Waals surface area (Å²) in [4.78, 5) is 26.8. The lowest BCUT2D eigenvalue weighted by molar-refractivity contribution is 0.0651. The van der Waals surface area contributed by atoms with Gasteiger partial charge in [0.05, 0.1) is 17.4 Å². The van der Waals surface area contributed by atoms with Crippen molar-refractivity contribution in [3.8, 4) is 0 Å². The molecule has 0 saturated heterocycles. The number of para-hydroxylation sites is 1. The maximum Gasteiger partial charge on any atom is 0.374 e. The minimum Gasteiger partial charge on any atom is -0.475 e. The number of pyridine rings is 1. The number of carbonyl (C=O) groups is 2. The third-order valence-electron chi connectivity index (χ3n) is 2.80. The lowest BCUT2D eigenvalue weighted by atomic mass is 10.2. The average molecular weight is 283 g/mol. The fourth-order valence-corrected chi connectivity index (χ4v) is 1.82. The van der Waals surface area contributed by atoms with Crippen LogP contribution in [0.1, 0.15) is 21.0 Å². The number of aromatic nitrogens is 2. The number of fused-ring (bicyclic) bond motifs is 1. The molecule has 0 saturated carbocycles. The van der Waals surface area contributed by atoms with Crippen molar-refractivity contribution in [1.82, 2.24) is 10.1 Å². The Labute approximate surface area is 118 Å². The SMILES string of the molecule is O=C(Nc1cnc2ccccc2c1)c1cc(C(=O)O)on1. The Balaban J connectivity index is 1.83. The van der Waals surface area contributed by atoms with Crippen molar-refractivity contribution in [3.05, 3.63) is 54.0 Å². The Kier molecular flexibility index (Phi) is 3.07. The molecule has 0 spiro atoms. The summed E-state index contributed by atoms with van der Waals surface area (Å²) in [5, 5.41) is 15.6. The van der Waals surface area contributed by atoms with Crippen LogP contribution in [0, 0.1) is 0 Å². The second kappa shape index (κ2) is 5.04. The number of carbonyl (C=O) groups excluding carboxylic acids is 1. The summed E-state index contributed by atoms with van der Waals surface area (Å²) >= 11 is 0. The summed E-state index contributed by atoms with van der Waals surface area (Å²) in [6.45, 7) is 0. The zero-order valence-corrected chi connectivity index (χ0v) is 10.6. The maximum atomic E-state index is 11.9. The van der Waals surface area contributed by atoms with E-state index >= 15 is 0 Å². The van der Waals surface area contributed by atoms with E-state index in [0.29, 0.717) is 5.69 Å². The molecule has 3 aromatic rings. The molecule has 0 unspecified atom stereocenters. The highest BCUT2D eigenvalue weighted by molar-refractivity contribution is 6.04. The third kappa shape index (κ3) is 2.57. The van der Waals surface area contributed by atoms with Gasteiger partial charge in [0.15, 0.2) is 5.69 Å². The molecule has 0 fully saturated rings. The van der Waals surface area contributed by atoms with E-state index in [4.69, 9.17) is 5.11 Å². The smallest absolute Gasteiger partial charge is 0.374 e. The fourth-order valence-electron chi connectivity index (χ4n) is 1.82. The van der Waals surface area contributed by atoms with Gasteiger partial charge in [-0.05, 0) is 12.1 Å². The van der Waals surface area contributed by atoms with E-state index in [2.05, 4.69) is 20.0 Å². The highest BCUT2D eigenvalue weighted by Crippen LogP contribution is 2.16. The Bertz CT molecular complexity index is 841. The van der Waals surface area contributed by atoms with Crippen molar-refractivity contribution in [1.29, 1.82) is 0 Å². The summed E-state index contributed by atoms with van der Waals surface area (Å²) in [5.74, 6) is -2.24. The van der Waals surface area contributed by atoms with E-state index in [9.17, 15) is 9.59 Å². The van der Waals surface area contributed by atoms with Gasteiger partial charge in [-0.3, -0.25) is 9.78 Å². The van der Waals surface area contributed by atoms with E-state index in [-0.39, 0.29) is 5.69 Å². The van der Waals surface area contributed by atoms with Gasteiger partial charge in [-0.1, -0.05) is 23.4 Å². The number of hydrogen-bond acceptors (Lipinski definition) is 5. The number of hydrogen-bond donors (Lipinski definition) is 2. The Hall–Kier alpha value is -3.22. The number of benzene rings is 1. The Morgan fingerprint density at radius 1 is 1.19 bits per heavy atom. The molecule has 0 bridgehead atoms. The molecule has 0 aliphatic carbocycles. The molecule has 2 aromatic heterocycles. The average Bonchev–Trinajstić information content (AvgIpc) is 2.97. The van der Waals surface area contributed by atoms with Gasteiger partial charge in [0.1, 0.15) is 0 Å². The number of amides is 1. The van der Waals surface area contributed by atoms with Crippen LogP contribution in [0.4, 0.5) is 5.69 Å². The van der Waals surface area contributed by atoms with E-state index < -0.39 is 17.6 Å². The number of carboxylic acids is 1. The van der Waals surface area contributed by atoms with Crippen LogP contribution in [0.5, 0.6) is 0 Å². The third-order valence-corrected chi connectivity index (χ3v) is 2.80. The number of carboxylic acid groups (broad SMARTS) is 1. The number of nitrogens with zero attached hydrogens (tertiary/aromatic N) is 2. The minimum atomic E-state index is -1.28. The second-order valence-electron chi connectivity index (χ2n) is 4.25. The second-order valence-corrected chi connectivity index (χ2v) is 4.25. The number of anilines is 1. The first-order valence-corrected chi connectivity index (χ1v) is 5.99. The molecular weight excluding hydrogens is 274 g/mol. The highest BCUT2D eigenvalue weighted by atomic mass is 16.5. The van der Waals surface area contributed by atoms with Gasteiger partial charge in [0, 0.05) is 11.5 Å². The van der Waals surface area contributed by atoms with Crippen LogP contribution in [0.2, 0.25) is 0 Å². The summed E-state index contributed by atoms with van der Waals surface area (Å²) < 4.78 is 4.53. The first kappa shape index (κ1) is 12.8. The fraction of sp³-hybridized carbons (Fsp3) is 0. The molecule has 7 nitrogen and oxygen atoms in total. The van der Waals surface area contributed by atoms with Gasteiger partial charge < -0.3 is 14.9 Å². The van der Waals surface area contributed by atoms with Crippen molar-refractivity contribution >= 4 is 28.5 Å². The van der Waals surface area contributed by atoms with Crippen LogP contribution >= 0.6 is 0 Å². The molecular formula is C14H9N3O4. The summed E-state index contributed by atoms with van der Waals surface area (Å²) in [5.41, 5.74) is 1.18. The predicted octanol–water partition coefficient (Wildman–Crippen LogP) is 2.17. The molecule has 0 aliphatic rings. The van der Waals surface area contributed by atoms with Crippen LogP contribution in [0.15, 0.2) is 47.1 Å². The van der Waals surface area contributed by atoms with Crippen LogP contribution in [0.25, 0.3) is 10.9 Å². The van der Waals surface area contributed by atoms with E-state index in [1.165, 1.54) is 6.20 Å². The predicted molar refractivity (Wildman–Crippen MR) is 73.2 cm³/mol. The molecule has 2 heterocycles. The molecule has 2 N–H and O–H groups in total. The standard InChI is InChI=1S/C14H9N3O4/c18-13(11-6-12(14(19)20)21-17-11)16-9-5-8-3-1-2-4-10(8)15-7-9/h1-7H,(H,16,18)(H,19,20). The van der Waals surface area contributed by atoms with Crippen LogP contribution < -0.4 is 5.32 Å². The zero-order valence-electron chi connectivity index (χ0n) is 10.6. The number of aromatic carboxylic acids is 1. The summed E-state index contributed by atoms with van der Waals surface area (Å²) in [6, 6.07) is 10.3. The number of nitrogens with one attached hydrogen (secondary N) is 1. The van der Waals surface area contributed by atoms with Crippen LogP contribution in [-0.2, 0) is 0 Å². The molecule has 104 valence electrons. The van der Waals surface area contributed by atoms with Crippen molar-refractivity contribution in [3.63, 3.8) is 0 Å². The quantitative estimate of drug-likeness (QED) is 0.763. The topological polar surface area (TPSA) is 105 Å². The molecule has 3 rings (SSSR count). The van der Waals surface area contributed by atoms with Gasteiger partial charge in [-0.15, -0.1) is 0 Å². The van der Waals surface area contributed by atoms with Gasteiger partial charge in [-0.25, -0.2) is 4.79 Å². The maximum absolute atomic E-state index is 11.9. The molecule has 0 radical (unpaired) electrons.